The van der Waals surface area contributed by atoms with Crippen LogP contribution in [0.4, 0.5) is 5.95 Å². The number of aromatic amines is 1. The number of amides is 1. The van der Waals surface area contributed by atoms with Gasteiger partial charge in [-0.3, -0.25) is 9.89 Å². The number of aromatic nitrogens is 4. The predicted molar refractivity (Wildman–Crippen MR) is 119 cm³/mol. The van der Waals surface area contributed by atoms with E-state index in [0.717, 1.165) is 5.56 Å². The van der Waals surface area contributed by atoms with E-state index in [-0.39, 0.29) is 28.7 Å². The van der Waals surface area contributed by atoms with Crippen LogP contribution < -0.4 is 4.72 Å². The molecule has 1 amide bonds. The largest absolute Gasteiger partial charge is 0.330 e. The molecular formula is C22H20N6O3S. The van der Waals surface area contributed by atoms with Crippen LogP contribution in [-0.4, -0.2) is 52.0 Å². The molecule has 162 valence electrons. The highest BCUT2D eigenvalue weighted by Crippen LogP contribution is 2.34. The van der Waals surface area contributed by atoms with Gasteiger partial charge in [0.15, 0.2) is 0 Å². The Hall–Kier alpha value is -3.79. The summed E-state index contributed by atoms with van der Waals surface area (Å²) in [4.78, 5) is 22.8. The standard InChI is InChI=1S/C22H20N6O3S/c29-21(19-14-18(25-26-19)15-5-2-1-3-6-15)28-12-9-16-13-17(7-8-20(16)28)32(30,31)27-22-23-10-4-11-24-22/h1-8,10-11,13-14,16,20H,9,12H2,(H,25,26)(H,23,24,27). The average molecular weight is 449 g/mol. The van der Waals surface area contributed by atoms with Gasteiger partial charge in [-0.1, -0.05) is 42.5 Å². The van der Waals surface area contributed by atoms with Gasteiger partial charge in [0.1, 0.15) is 5.69 Å². The second-order valence-corrected chi connectivity index (χ2v) is 9.26. The Bertz CT molecular complexity index is 1300. The highest BCUT2D eigenvalue weighted by Gasteiger charge is 2.38. The van der Waals surface area contributed by atoms with Crippen LogP contribution in [0.15, 0.2) is 78.0 Å². The third kappa shape index (κ3) is 3.80. The predicted octanol–water partition coefficient (Wildman–Crippen LogP) is 2.59. The van der Waals surface area contributed by atoms with Gasteiger partial charge in [0.2, 0.25) is 5.95 Å². The minimum Gasteiger partial charge on any atom is -0.330 e. The Labute approximate surface area is 185 Å². The minimum atomic E-state index is -3.81. The molecule has 1 aliphatic heterocycles. The first-order chi connectivity index (χ1) is 15.5. The van der Waals surface area contributed by atoms with Crippen molar-refractivity contribution in [1.29, 1.82) is 0 Å². The number of allylic oxidation sites excluding steroid dienone is 1. The van der Waals surface area contributed by atoms with Gasteiger partial charge in [-0.25, -0.2) is 23.1 Å². The maximum atomic E-state index is 13.1. The quantitative estimate of drug-likeness (QED) is 0.619. The number of likely N-dealkylation sites (tertiary alicyclic amines) is 1. The smallest absolute Gasteiger partial charge is 0.272 e. The maximum absolute atomic E-state index is 13.1. The number of rotatable bonds is 5. The number of carbonyl (C=O) groups is 1. The lowest BCUT2D eigenvalue weighted by atomic mass is 9.96. The van der Waals surface area contributed by atoms with E-state index in [9.17, 15) is 13.2 Å². The Morgan fingerprint density at radius 1 is 1.12 bits per heavy atom. The van der Waals surface area contributed by atoms with Crippen molar-refractivity contribution in [1.82, 2.24) is 25.1 Å². The molecule has 0 bridgehead atoms. The number of anilines is 1. The molecule has 9 nitrogen and oxygen atoms in total. The van der Waals surface area contributed by atoms with Crippen LogP contribution in [0, 0.1) is 5.92 Å². The van der Waals surface area contributed by atoms with E-state index < -0.39 is 10.0 Å². The van der Waals surface area contributed by atoms with Crippen molar-refractivity contribution >= 4 is 21.9 Å². The summed E-state index contributed by atoms with van der Waals surface area (Å²) in [6.45, 7) is 0.525. The molecule has 3 heterocycles. The van der Waals surface area contributed by atoms with E-state index in [1.807, 2.05) is 30.3 Å². The van der Waals surface area contributed by atoms with Crippen molar-refractivity contribution in [3.63, 3.8) is 0 Å². The summed E-state index contributed by atoms with van der Waals surface area (Å²) in [5.74, 6) is -0.239. The third-order valence-corrected chi connectivity index (χ3v) is 6.92. The third-order valence-electron chi connectivity index (χ3n) is 5.58. The van der Waals surface area contributed by atoms with Crippen LogP contribution in [0.2, 0.25) is 0 Å². The van der Waals surface area contributed by atoms with E-state index in [0.29, 0.717) is 24.4 Å². The zero-order valence-electron chi connectivity index (χ0n) is 16.9. The van der Waals surface area contributed by atoms with Crippen LogP contribution in [0.3, 0.4) is 0 Å². The zero-order chi connectivity index (χ0) is 22.1. The molecule has 1 fully saturated rings. The fourth-order valence-corrected chi connectivity index (χ4v) is 5.09. The number of benzene rings is 1. The molecule has 2 unspecified atom stereocenters. The number of carbonyl (C=O) groups excluding carboxylic acids is 1. The minimum absolute atomic E-state index is 0.0145. The van der Waals surface area contributed by atoms with Crippen LogP contribution in [0.5, 0.6) is 0 Å². The van der Waals surface area contributed by atoms with Crippen LogP contribution in [0.1, 0.15) is 16.9 Å². The van der Waals surface area contributed by atoms with Crippen molar-refractivity contribution in [3.8, 4) is 11.3 Å². The fraction of sp³-hybridized carbons (Fsp3) is 0.182. The van der Waals surface area contributed by atoms with Crippen molar-refractivity contribution in [2.75, 3.05) is 11.3 Å². The zero-order valence-corrected chi connectivity index (χ0v) is 17.7. The molecule has 2 atom stereocenters. The summed E-state index contributed by atoms with van der Waals surface area (Å²) < 4.78 is 27.8. The number of hydrogen-bond donors (Lipinski definition) is 2. The van der Waals surface area contributed by atoms with E-state index in [1.54, 1.807) is 29.2 Å². The van der Waals surface area contributed by atoms with Gasteiger partial charge in [-0.2, -0.15) is 5.10 Å². The second kappa shape index (κ2) is 8.04. The summed E-state index contributed by atoms with van der Waals surface area (Å²) in [5, 5.41) is 7.10. The lowest BCUT2D eigenvalue weighted by Gasteiger charge is -2.26. The first-order valence-corrected chi connectivity index (χ1v) is 11.6. The van der Waals surface area contributed by atoms with Crippen molar-refractivity contribution in [2.45, 2.75) is 12.5 Å². The monoisotopic (exact) mass is 448 g/mol. The van der Waals surface area contributed by atoms with Gasteiger partial charge in [-0.15, -0.1) is 0 Å². The molecule has 1 aliphatic carbocycles. The summed E-state index contributed by atoms with van der Waals surface area (Å²) in [6.07, 6.45) is 8.59. The topological polar surface area (TPSA) is 121 Å². The number of nitrogens with one attached hydrogen (secondary N) is 2. The SMILES string of the molecule is O=C(c1cc(-c2ccccc2)n[nH]1)N1CCC2C=C(S(=O)(=O)Nc3ncccn3)C=CC21. The summed E-state index contributed by atoms with van der Waals surface area (Å²) in [7, 11) is -3.81. The normalized spacial score (nSPS) is 20.0. The molecule has 3 aromatic rings. The van der Waals surface area contributed by atoms with Crippen molar-refractivity contribution in [2.24, 2.45) is 5.92 Å². The number of nitrogens with zero attached hydrogens (tertiary/aromatic N) is 4. The van der Waals surface area contributed by atoms with Gasteiger partial charge in [0.05, 0.1) is 16.6 Å². The van der Waals surface area contributed by atoms with Gasteiger partial charge < -0.3 is 4.90 Å². The van der Waals surface area contributed by atoms with E-state index in [1.165, 1.54) is 18.5 Å². The summed E-state index contributed by atoms with van der Waals surface area (Å²) >= 11 is 0. The maximum Gasteiger partial charge on any atom is 0.272 e. The van der Waals surface area contributed by atoms with Crippen molar-refractivity contribution in [3.05, 3.63) is 83.7 Å². The molecule has 10 heteroatoms. The van der Waals surface area contributed by atoms with Gasteiger partial charge in [-0.05, 0) is 24.6 Å². The first-order valence-electron chi connectivity index (χ1n) is 10.1. The van der Waals surface area contributed by atoms with Crippen molar-refractivity contribution < 1.29 is 13.2 Å². The number of hydrogen-bond acceptors (Lipinski definition) is 6. The molecule has 1 saturated heterocycles. The molecule has 2 aliphatic rings. The van der Waals surface area contributed by atoms with Crippen LogP contribution >= 0.6 is 0 Å². The number of sulfonamides is 1. The molecule has 1 aromatic carbocycles. The average Bonchev–Trinajstić information content (AvgIpc) is 3.47. The molecule has 2 N–H and O–H groups in total. The molecular weight excluding hydrogens is 428 g/mol. The molecule has 32 heavy (non-hydrogen) atoms. The molecule has 0 spiro atoms. The van der Waals surface area contributed by atoms with Gasteiger partial charge >= 0.3 is 0 Å². The first kappa shape index (κ1) is 20.1. The lowest BCUT2D eigenvalue weighted by molar-refractivity contribution is 0.0748. The Morgan fingerprint density at radius 3 is 2.69 bits per heavy atom. The van der Waals surface area contributed by atoms with E-state index in [2.05, 4.69) is 24.9 Å². The molecule has 2 aromatic heterocycles. The van der Waals surface area contributed by atoms with Crippen LogP contribution in [0.25, 0.3) is 11.3 Å². The summed E-state index contributed by atoms with van der Waals surface area (Å²) in [6, 6.07) is 12.8. The van der Waals surface area contributed by atoms with Gasteiger partial charge in [0.25, 0.3) is 15.9 Å². The summed E-state index contributed by atoms with van der Waals surface area (Å²) in [5.41, 5.74) is 2.03. The van der Waals surface area contributed by atoms with E-state index in [4.69, 9.17) is 0 Å². The number of fused-ring (bicyclic) bond motifs is 1. The van der Waals surface area contributed by atoms with E-state index >= 15 is 0 Å². The fourth-order valence-electron chi connectivity index (χ4n) is 4.02. The highest BCUT2D eigenvalue weighted by atomic mass is 32.2. The number of H-pyrrole nitrogens is 1. The van der Waals surface area contributed by atoms with Gasteiger partial charge in [0, 0.05) is 30.4 Å². The lowest BCUT2D eigenvalue weighted by Crippen LogP contribution is -2.37. The molecule has 0 saturated carbocycles. The molecule has 0 radical (unpaired) electrons. The Balaban J connectivity index is 1.32. The van der Waals surface area contributed by atoms with Crippen LogP contribution in [-0.2, 0) is 10.0 Å². The highest BCUT2D eigenvalue weighted by molar-refractivity contribution is 7.96. The second-order valence-electron chi connectivity index (χ2n) is 7.58. The Morgan fingerprint density at radius 2 is 1.91 bits per heavy atom. The molecule has 5 rings (SSSR count). The Kier molecular flexibility index (Phi) is 5.06.